The third-order valence-electron chi connectivity index (χ3n) is 7.56. The summed E-state index contributed by atoms with van der Waals surface area (Å²) >= 11 is 0. The smallest absolute Gasteiger partial charge is 0.337 e. The van der Waals surface area contributed by atoms with Crippen LogP contribution in [0.5, 0.6) is 0 Å². The number of carbonyl (C=O) groups is 2. The third-order valence-corrected chi connectivity index (χ3v) is 7.56. The lowest BCUT2D eigenvalue weighted by Gasteiger charge is -2.31. The average molecular weight is 523 g/mol. The number of amides is 1. The van der Waals surface area contributed by atoms with Crippen molar-refractivity contribution in [2.24, 2.45) is 5.92 Å². The van der Waals surface area contributed by atoms with E-state index in [2.05, 4.69) is 66.6 Å². The Kier molecular flexibility index (Phi) is 9.03. The van der Waals surface area contributed by atoms with Crippen molar-refractivity contribution < 1.29 is 14.3 Å². The van der Waals surface area contributed by atoms with Gasteiger partial charge in [-0.1, -0.05) is 81.0 Å². The first-order chi connectivity index (χ1) is 18.9. The number of benzene rings is 3. The van der Waals surface area contributed by atoms with E-state index in [0.717, 1.165) is 65.6 Å². The molecule has 0 unspecified atom stereocenters. The molecule has 39 heavy (non-hydrogen) atoms. The molecule has 0 saturated heterocycles. The van der Waals surface area contributed by atoms with Gasteiger partial charge in [-0.25, -0.2) is 4.79 Å². The van der Waals surface area contributed by atoms with Crippen molar-refractivity contribution in [2.75, 3.05) is 31.0 Å². The molecular weight excluding hydrogens is 484 g/mol. The summed E-state index contributed by atoms with van der Waals surface area (Å²) in [5, 5.41) is 0. The van der Waals surface area contributed by atoms with E-state index in [9.17, 15) is 9.59 Å². The molecule has 1 fully saturated rings. The van der Waals surface area contributed by atoms with Gasteiger partial charge in [-0.2, -0.15) is 0 Å². The van der Waals surface area contributed by atoms with E-state index in [1.807, 2.05) is 19.0 Å². The van der Waals surface area contributed by atoms with Gasteiger partial charge in [0.15, 0.2) is 0 Å². The Balaban J connectivity index is 1.72. The lowest BCUT2D eigenvalue weighted by atomic mass is 9.87. The minimum atomic E-state index is -0.454. The second kappa shape index (κ2) is 12.6. The molecule has 0 aromatic heterocycles. The quantitative estimate of drug-likeness (QED) is 0.272. The third kappa shape index (κ3) is 6.31. The number of anilines is 2. The Morgan fingerprint density at radius 2 is 1.51 bits per heavy atom. The monoisotopic (exact) mass is 522 g/mol. The van der Waals surface area contributed by atoms with Gasteiger partial charge in [-0.15, -0.1) is 0 Å². The maximum atomic E-state index is 14.0. The molecule has 5 heteroatoms. The molecule has 0 spiro atoms. The highest BCUT2D eigenvalue weighted by atomic mass is 16.5. The standard InChI is InChI=1S/C34H38N2O3/c1-6-25-21-29(34(38)39-5)22-32(31(25)7-2)36(33(37)28-11-9-8-10-12-28)23-24-13-15-26(16-14-24)27-17-19-30(20-18-27)35(3)4/h6-7,13-22,28H,1-2,8-12,23H2,3-5H3. The Labute approximate surface area is 232 Å². The highest BCUT2D eigenvalue weighted by Gasteiger charge is 2.29. The zero-order valence-electron chi connectivity index (χ0n) is 23.3. The van der Waals surface area contributed by atoms with E-state index < -0.39 is 5.97 Å². The van der Waals surface area contributed by atoms with Crippen molar-refractivity contribution in [1.82, 2.24) is 0 Å². The molecule has 0 heterocycles. The minimum absolute atomic E-state index is 0.0418. The molecule has 0 bridgehead atoms. The summed E-state index contributed by atoms with van der Waals surface area (Å²) in [4.78, 5) is 30.5. The average Bonchev–Trinajstić information content (AvgIpc) is 2.99. The van der Waals surface area contributed by atoms with Gasteiger partial charge in [0.05, 0.1) is 24.9 Å². The van der Waals surface area contributed by atoms with Crippen LogP contribution in [0.15, 0.2) is 73.8 Å². The summed E-state index contributed by atoms with van der Waals surface area (Å²) in [6, 6.07) is 20.3. The van der Waals surface area contributed by atoms with Crippen LogP contribution in [0, 0.1) is 5.92 Å². The van der Waals surface area contributed by atoms with Crippen LogP contribution in [0.1, 0.15) is 59.2 Å². The first-order valence-corrected chi connectivity index (χ1v) is 13.6. The molecule has 3 aromatic carbocycles. The highest BCUT2D eigenvalue weighted by molar-refractivity contribution is 6.00. The van der Waals surface area contributed by atoms with Crippen LogP contribution in [0.3, 0.4) is 0 Å². The molecule has 0 radical (unpaired) electrons. The number of rotatable bonds is 9. The van der Waals surface area contributed by atoms with E-state index >= 15 is 0 Å². The first kappa shape index (κ1) is 27.9. The van der Waals surface area contributed by atoms with Crippen LogP contribution in [-0.2, 0) is 16.1 Å². The van der Waals surface area contributed by atoms with Gasteiger partial charge in [0.2, 0.25) is 5.91 Å². The van der Waals surface area contributed by atoms with Gasteiger partial charge in [0.25, 0.3) is 0 Å². The Bertz CT molecular complexity index is 1330. The summed E-state index contributed by atoms with van der Waals surface area (Å²) in [5.74, 6) is -0.414. The topological polar surface area (TPSA) is 49.9 Å². The number of nitrogens with zero attached hydrogens (tertiary/aromatic N) is 2. The van der Waals surface area contributed by atoms with Crippen molar-refractivity contribution in [2.45, 2.75) is 38.6 Å². The molecule has 5 nitrogen and oxygen atoms in total. The van der Waals surface area contributed by atoms with Crippen LogP contribution in [0.2, 0.25) is 0 Å². The van der Waals surface area contributed by atoms with Gasteiger partial charge >= 0.3 is 5.97 Å². The van der Waals surface area contributed by atoms with E-state index in [-0.39, 0.29) is 11.8 Å². The largest absolute Gasteiger partial charge is 0.465 e. The molecule has 202 valence electrons. The fourth-order valence-electron chi connectivity index (χ4n) is 5.30. The second-order valence-corrected chi connectivity index (χ2v) is 10.3. The van der Waals surface area contributed by atoms with Gasteiger partial charge < -0.3 is 14.5 Å². The number of hydrogen-bond acceptors (Lipinski definition) is 4. The fourth-order valence-corrected chi connectivity index (χ4v) is 5.30. The summed E-state index contributed by atoms with van der Waals surface area (Å²) in [5.41, 5.74) is 6.96. The molecule has 1 amide bonds. The van der Waals surface area contributed by atoms with Crippen molar-refractivity contribution in [3.05, 3.63) is 96.1 Å². The maximum Gasteiger partial charge on any atom is 0.337 e. The fraction of sp³-hybridized carbons (Fsp3) is 0.294. The Hall–Kier alpha value is -4.12. The molecule has 1 aliphatic carbocycles. The molecule has 1 saturated carbocycles. The maximum absolute atomic E-state index is 14.0. The Morgan fingerprint density at radius 3 is 2.05 bits per heavy atom. The number of hydrogen-bond donors (Lipinski definition) is 0. The highest BCUT2D eigenvalue weighted by Crippen LogP contribution is 2.34. The Morgan fingerprint density at radius 1 is 0.897 bits per heavy atom. The van der Waals surface area contributed by atoms with E-state index in [1.54, 1.807) is 24.3 Å². The number of carbonyl (C=O) groups excluding carboxylic acids is 2. The number of esters is 1. The zero-order chi connectivity index (χ0) is 27.9. The van der Waals surface area contributed by atoms with Crippen molar-refractivity contribution in [3.63, 3.8) is 0 Å². The SMILES string of the molecule is C=Cc1cc(C(=O)OC)cc(N(Cc2ccc(-c3ccc(N(C)C)cc3)cc2)C(=O)C2CCCCC2)c1C=C. The molecule has 1 aliphatic rings. The van der Waals surface area contributed by atoms with Gasteiger partial charge in [0.1, 0.15) is 0 Å². The van der Waals surface area contributed by atoms with E-state index in [1.165, 1.54) is 7.11 Å². The number of methoxy groups -OCH3 is 1. The van der Waals surface area contributed by atoms with Gasteiger partial charge in [0, 0.05) is 31.3 Å². The van der Waals surface area contributed by atoms with Gasteiger partial charge in [-0.05, 0) is 59.4 Å². The van der Waals surface area contributed by atoms with Crippen LogP contribution < -0.4 is 9.80 Å². The van der Waals surface area contributed by atoms with E-state index in [0.29, 0.717) is 17.8 Å². The lowest BCUT2D eigenvalue weighted by molar-refractivity contribution is -0.123. The molecule has 0 atom stereocenters. The zero-order valence-corrected chi connectivity index (χ0v) is 23.3. The summed E-state index contributed by atoms with van der Waals surface area (Å²) in [6.45, 7) is 8.33. The van der Waals surface area contributed by atoms with Crippen LogP contribution >= 0.6 is 0 Å². The predicted molar refractivity (Wildman–Crippen MR) is 162 cm³/mol. The molecular formula is C34H38N2O3. The molecule has 0 aliphatic heterocycles. The lowest BCUT2D eigenvalue weighted by Crippen LogP contribution is -2.37. The minimum Gasteiger partial charge on any atom is -0.465 e. The summed E-state index contributed by atoms with van der Waals surface area (Å²) in [6.07, 6.45) is 8.45. The van der Waals surface area contributed by atoms with Gasteiger partial charge in [-0.3, -0.25) is 4.79 Å². The van der Waals surface area contributed by atoms with Crippen molar-refractivity contribution in [1.29, 1.82) is 0 Å². The first-order valence-electron chi connectivity index (χ1n) is 13.6. The van der Waals surface area contributed by atoms with Crippen LogP contribution in [-0.4, -0.2) is 33.1 Å². The predicted octanol–water partition coefficient (Wildman–Crippen LogP) is 7.61. The molecule has 3 aromatic rings. The second-order valence-electron chi connectivity index (χ2n) is 10.3. The molecule has 0 N–H and O–H groups in total. The number of ether oxygens (including phenoxy) is 1. The van der Waals surface area contributed by atoms with Crippen molar-refractivity contribution in [3.8, 4) is 11.1 Å². The summed E-state index contributed by atoms with van der Waals surface area (Å²) in [7, 11) is 5.42. The van der Waals surface area contributed by atoms with E-state index in [4.69, 9.17) is 4.74 Å². The van der Waals surface area contributed by atoms with Crippen LogP contribution in [0.4, 0.5) is 11.4 Å². The van der Waals surface area contributed by atoms with Crippen molar-refractivity contribution >= 4 is 35.4 Å². The summed E-state index contributed by atoms with van der Waals surface area (Å²) < 4.78 is 5.01. The normalized spacial score (nSPS) is 13.4. The van der Waals surface area contributed by atoms with Crippen LogP contribution in [0.25, 0.3) is 23.3 Å². The molecule has 4 rings (SSSR count).